The Morgan fingerprint density at radius 2 is 2.00 bits per heavy atom. The summed E-state index contributed by atoms with van der Waals surface area (Å²) in [4.78, 5) is 2.51. The summed E-state index contributed by atoms with van der Waals surface area (Å²) in [6, 6.07) is 11.7. The Morgan fingerprint density at radius 1 is 1.26 bits per heavy atom. The van der Waals surface area contributed by atoms with Crippen molar-refractivity contribution >= 4 is 12.4 Å². The monoisotopic (exact) mass is 340 g/mol. The SMILES string of the molecule is CC(CNCC1CNNC1c1ccccc1)N1CCOCC1.Cl. The number of morpholine rings is 1. The van der Waals surface area contributed by atoms with Gasteiger partial charge in [0.1, 0.15) is 0 Å². The highest BCUT2D eigenvalue weighted by molar-refractivity contribution is 5.85. The van der Waals surface area contributed by atoms with Gasteiger partial charge in [-0.1, -0.05) is 30.3 Å². The lowest BCUT2D eigenvalue weighted by Crippen LogP contribution is -2.47. The van der Waals surface area contributed by atoms with Crippen LogP contribution in [0, 0.1) is 5.92 Å². The van der Waals surface area contributed by atoms with E-state index in [0.717, 1.165) is 45.9 Å². The zero-order valence-electron chi connectivity index (χ0n) is 13.8. The normalized spacial score (nSPS) is 26.7. The van der Waals surface area contributed by atoms with E-state index in [9.17, 15) is 0 Å². The third kappa shape index (κ3) is 5.14. The lowest BCUT2D eigenvalue weighted by atomic mass is 9.95. The maximum absolute atomic E-state index is 5.42. The van der Waals surface area contributed by atoms with Gasteiger partial charge in [-0.25, -0.2) is 5.43 Å². The van der Waals surface area contributed by atoms with Gasteiger partial charge in [-0.05, 0) is 12.5 Å². The molecule has 3 atom stereocenters. The number of hydrogen-bond acceptors (Lipinski definition) is 5. The zero-order chi connectivity index (χ0) is 15.2. The summed E-state index contributed by atoms with van der Waals surface area (Å²) in [5, 5.41) is 3.66. The van der Waals surface area contributed by atoms with Crippen LogP contribution in [0.5, 0.6) is 0 Å². The molecule has 2 aliphatic rings. The molecular weight excluding hydrogens is 312 g/mol. The average Bonchev–Trinajstić information content (AvgIpc) is 3.05. The van der Waals surface area contributed by atoms with Crippen LogP contribution in [-0.2, 0) is 4.74 Å². The first-order chi connectivity index (χ1) is 10.8. The van der Waals surface area contributed by atoms with E-state index >= 15 is 0 Å². The smallest absolute Gasteiger partial charge is 0.0594 e. The predicted octanol–water partition coefficient (Wildman–Crippen LogP) is 1.18. The molecule has 3 rings (SSSR count). The molecule has 2 fully saturated rings. The first-order valence-electron chi connectivity index (χ1n) is 8.40. The second-order valence-electron chi connectivity index (χ2n) is 6.33. The van der Waals surface area contributed by atoms with E-state index in [4.69, 9.17) is 4.74 Å². The average molecular weight is 341 g/mol. The van der Waals surface area contributed by atoms with Crippen molar-refractivity contribution in [2.45, 2.75) is 19.0 Å². The van der Waals surface area contributed by atoms with Gasteiger partial charge in [0.05, 0.1) is 19.3 Å². The van der Waals surface area contributed by atoms with E-state index in [-0.39, 0.29) is 12.4 Å². The number of benzene rings is 1. The molecule has 2 saturated heterocycles. The van der Waals surface area contributed by atoms with Crippen molar-refractivity contribution in [3.05, 3.63) is 35.9 Å². The van der Waals surface area contributed by atoms with Gasteiger partial charge < -0.3 is 10.1 Å². The molecule has 130 valence electrons. The molecule has 0 aliphatic carbocycles. The molecular formula is C17H29ClN4O. The minimum atomic E-state index is 0. The number of rotatable bonds is 6. The number of nitrogens with zero attached hydrogens (tertiary/aromatic N) is 1. The van der Waals surface area contributed by atoms with Gasteiger partial charge in [-0.15, -0.1) is 12.4 Å². The summed E-state index contributed by atoms with van der Waals surface area (Å²) in [6.07, 6.45) is 0. The fourth-order valence-corrected chi connectivity index (χ4v) is 3.37. The van der Waals surface area contributed by atoms with Crippen LogP contribution in [0.1, 0.15) is 18.5 Å². The van der Waals surface area contributed by atoms with Crippen molar-refractivity contribution in [2.75, 3.05) is 45.9 Å². The molecule has 6 heteroatoms. The van der Waals surface area contributed by atoms with E-state index in [1.807, 2.05) is 0 Å². The number of ether oxygens (including phenoxy) is 1. The van der Waals surface area contributed by atoms with Crippen LogP contribution in [-0.4, -0.2) is 56.9 Å². The summed E-state index contributed by atoms with van der Waals surface area (Å²) in [7, 11) is 0. The molecule has 23 heavy (non-hydrogen) atoms. The van der Waals surface area contributed by atoms with Crippen LogP contribution in [0.2, 0.25) is 0 Å². The maximum atomic E-state index is 5.42. The first kappa shape index (κ1) is 18.6. The Balaban J connectivity index is 0.00000192. The Bertz CT molecular complexity index is 441. The highest BCUT2D eigenvalue weighted by Gasteiger charge is 2.27. The number of hydrazine groups is 1. The van der Waals surface area contributed by atoms with Crippen molar-refractivity contribution in [3.8, 4) is 0 Å². The van der Waals surface area contributed by atoms with Crippen LogP contribution in [0.3, 0.4) is 0 Å². The molecule has 2 heterocycles. The van der Waals surface area contributed by atoms with Gasteiger partial charge in [0.25, 0.3) is 0 Å². The first-order valence-corrected chi connectivity index (χ1v) is 8.40. The lowest BCUT2D eigenvalue weighted by molar-refractivity contribution is 0.0202. The predicted molar refractivity (Wildman–Crippen MR) is 95.8 cm³/mol. The van der Waals surface area contributed by atoms with Crippen LogP contribution < -0.4 is 16.2 Å². The van der Waals surface area contributed by atoms with Gasteiger partial charge in [-0.3, -0.25) is 10.3 Å². The van der Waals surface area contributed by atoms with E-state index < -0.39 is 0 Å². The third-order valence-electron chi connectivity index (χ3n) is 4.77. The van der Waals surface area contributed by atoms with Crippen molar-refractivity contribution in [2.24, 2.45) is 5.92 Å². The fourth-order valence-electron chi connectivity index (χ4n) is 3.37. The van der Waals surface area contributed by atoms with E-state index in [2.05, 4.69) is 58.3 Å². The van der Waals surface area contributed by atoms with Crippen LogP contribution in [0.4, 0.5) is 0 Å². The van der Waals surface area contributed by atoms with Crippen LogP contribution in [0.25, 0.3) is 0 Å². The molecule has 0 bridgehead atoms. The fraction of sp³-hybridized carbons (Fsp3) is 0.647. The van der Waals surface area contributed by atoms with Gasteiger partial charge in [0, 0.05) is 44.7 Å². The second kappa shape index (κ2) is 9.57. The molecule has 1 aromatic rings. The molecule has 5 nitrogen and oxygen atoms in total. The van der Waals surface area contributed by atoms with Crippen molar-refractivity contribution in [3.63, 3.8) is 0 Å². The zero-order valence-corrected chi connectivity index (χ0v) is 14.6. The summed E-state index contributed by atoms with van der Waals surface area (Å²) in [5.41, 5.74) is 8.07. The lowest BCUT2D eigenvalue weighted by Gasteiger charge is -2.32. The van der Waals surface area contributed by atoms with Gasteiger partial charge in [0.15, 0.2) is 0 Å². The minimum Gasteiger partial charge on any atom is -0.379 e. The molecule has 1 aromatic carbocycles. The quantitative estimate of drug-likeness (QED) is 0.726. The highest BCUT2D eigenvalue weighted by atomic mass is 35.5. The Kier molecular flexibility index (Phi) is 7.76. The molecule has 0 aromatic heterocycles. The molecule has 0 radical (unpaired) electrons. The summed E-state index contributed by atoms with van der Waals surface area (Å²) < 4.78 is 5.42. The third-order valence-corrected chi connectivity index (χ3v) is 4.77. The largest absolute Gasteiger partial charge is 0.379 e. The van der Waals surface area contributed by atoms with Gasteiger partial charge in [0.2, 0.25) is 0 Å². The number of nitrogens with one attached hydrogen (secondary N) is 3. The second-order valence-corrected chi connectivity index (χ2v) is 6.33. The molecule has 3 N–H and O–H groups in total. The standard InChI is InChI=1S/C17H28N4O.ClH/c1-14(21-7-9-22-10-8-21)11-18-12-16-13-19-20-17(16)15-5-3-2-4-6-15;/h2-6,14,16-20H,7-13H2,1H3;1H. The van der Waals surface area contributed by atoms with Crippen molar-refractivity contribution in [1.82, 2.24) is 21.1 Å². The summed E-state index contributed by atoms with van der Waals surface area (Å²) >= 11 is 0. The Hall–Kier alpha value is -0.690. The molecule has 0 saturated carbocycles. The Morgan fingerprint density at radius 3 is 2.74 bits per heavy atom. The van der Waals surface area contributed by atoms with E-state index in [1.165, 1.54) is 5.56 Å². The maximum Gasteiger partial charge on any atom is 0.0594 e. The van der Waals surface area contributed by atoms with Gasteiger partial charge in [-0.2, -0.15) is 0 Å². The highest BCUT2D eigenvalue weighted by Crippen LogP contribution is 2.23. The number of halogens is 1. The molecule has 0 amide bonds. The van der Waals surface area contributed by atoms with E-state index in [1.54, 1.807) is 0 Å². The van der Waals surface area contributed by atoms with Crippen molar-refractivity contribution < 1.29 is 4.74 Å². The van der Waals surface area contributed by atoms with Gasteiger partial charge >= 0.3 is 0 Å². The number of hydrogen-bond donors (Lipinski definition) is 3. The molecule has 2 aliphatic heterocycles. The summed E-state index contributed by atoms with van der Waals surface area (Å²) in [6.45, 7) is 9.25. The van der Waals surface area contributed by atoms with Crippen molar-refractivity contribution in [1.29, 1.82) is 0 Å². The summed E-state index contributed by atoms with van der Waals surface area (Å²) in [5.74, 6) is 0.583. The van der Waals surface area contributed by atoms with Crippen LogP contribution in [0.15, 0.2) is 30.3 Å². The van der Waals surface area contributed by atoms with Crippen LogP contribution >= 0.6 is 12.4 Å². The van der Waals surface area contributed by atoms with E-state index in [0.29, 0.717) is 18.0 Å². The molecule has 0 spiro atoms. The molecule has 3 unspecified atom stereocenters. The Labute approximate surface area is 145 Å². The topological polar surface area (TPSA) is 48.6 Å². The minimum absolute atomic E-state index is 0.